The molecule has 0 saturated carbocycles. The Morgan fingerprint density at radius 2 is 1.83 bits per heavy atom. The Labute approximate surface area is 181 Å². The van der Waals surface area contributed by atoms with Crippen LogP contribution in [0.4, 0.5) is 11.4 Å². The molecule has 0 spiro atoms. The molecule has 1 heterocycles. The predicted molar refractivity (Wildman–Crippen MR) is 118 cm³/mol. The number of anilines is 2. The Morgan fingerprint density at radius 3 is 2.62 bits per heavy atom. The lowest BCUT2D eigenvalue weighted by Gasteiger charge is -2.16. The van der Waals surface area contributed by atoms with Gasteiger partial charge in [-0.05, 0) is 61.0 Å². The van der Waals surface area contributed by atoms with Gasteiger partial charge in [0.05, 0.1) is 21.8 Å². The first kappa shape index (κ1) is 19.5. The Morgan fingerprint density at radius 1 is 1.07 bits per heavy atom. The molecule has 0 unspecified atom stereocenters. The smallest absolute Gasteiger partial charge is 0.261 e. The third-order valence-corrected chi connectivity index (χ3v) is 5.46. The number of carbonyl (C=O) groups excluding carboxylic acids is 2. The van der Waals surface area contributed by atoms with Crippen LogP contribution in [0.15, 0.2) is 59.1 Å². The number of amides is 2. The van der Waals surface area contributed by atoms with Crippen LogP contribution in [-0.2, 0) is 0 Å². The molecule has 1 aliphatic rings. The highest BCUT2D eigenvalue weighted by molar-refractivity contribution is 9.10. The molecule has 0 radical (unpaired) electrons. The minimum absolute atomic E-state index is 0.221. The van der Waals surface area contributed by atoms with Crippen molar-refractivity contribution in [3.8, 4) is 11.5 Å². The third kappa shape index (κ3) is 3.73. The van der Waals surface area contributed by atoms with Crippen LogP contribution in [0.25, 0.3) is 0 Å². The van der Waals surface area contributed by atoms with Gasteiger partial charge in [0, 0.05) is 17.2 Å². The fourth-order valence-corrected chi connectivity index (χ4v) is 3.68. The van der Waals surface area contributed by atoms with Gasteiger partial charge in [0.2, 0.25) is 0 Å². The van der Waals surface area contributed by atoms with Crippen molar-refractivity contribution in [1.29, 1.82) is 0 Å². The minimum atomic E-state index is -0.370. The fraction of sp³-hybridized carbons (Fsp3) is 0.0909. The molecule has 29 heavy (non-hydrogen) atoms. The molecule has 0 bridgehead atoms. The van der Waals surface area contributed by atoms with Crippen LogP contribution < -0.4 is 15.0 Å². The summed E-state index contributed by atoms with van der Waals surface area (Å²) in [6.07, 6.45) is 0. The van der Waals surface area contributed by atoms with Crippen molar-refractivity contribution >= 4 is 50.7 Å². The Kier molecular flexibility index (Phi) is 5.06. The number of nitrogens with zero attached hydrogens (tertiary/aromatic N) is 1. The second-order valence-electron chi connectivity index (χ2n) is 6.73. The van der Waals surface area contributed by atoms with E-state index in [1.54, 1.807) is 48.3 Å². The molecule has 0 fully saturated rings. The topological polar surface area (TPSA) is 58.6 Å². The number of hydrogen-bond acceptors (Lipinski definition) is 3. The molecule has 5 nitrogen and oxygen atoms in total. The predicted octanol–water partition coefficient (Wildman–Crippen LogP) is 6.05. The zero-order valence-electron chi connectivity index (χ0n) is 15.6. The van der Waals surface area contributed by atoms with Gasteiger partial charge in [0.15, 0.2) is 5.75 Å². The van der Waals surface area contributed by atoms with Crippen LogP contribution in [-0.4, -0.2) is 18.9 Å². The van der Waals surface area contributed by atoms with E-state index in [2.05, 4.69) is 21.2 Å². The average molecular weight is 472 g/mol. The Hall–Kier alpha value is -2.83. The highest BCUT2D eigenvalue weighted by Gasteiger charge is 2.26. The molecular formula is C22H16BrClN2O3. The van der Waals surface area contributed by atoms with Crippen LogP contribution in [0, 0.1) is 6.92 Å². The maximum atomic E-state index is 13.0. The van der Waals surface area contributed by atoms with E-state index in [0.29, 0.717) is 39.0 Å². The zero-order chi connectivity index (χ0) is 20.7. The summed E-state index contributed by atoms with van der Waals surface area (Å²) in [5.74, 6) is 0.442. The average Bonchev–Trinajstić information content (AvgIpc) is 2.79. The first-order valence-electron chi connectivity index (χ1n) is 8.80. The number of rotatable bonds is 2. The third-order valence-electron chi connectivity index (χ3n) is 4.64. The van der Waals surface area contributed by atoms with E-state index in [-0.39, 0.29) is 11.8 Å². The SMILES string of the molecule is Cc1ccc2c(c1)N(C)C(=O)c1cc(NC(=O)c3cc(Br)ccc3Cl)ccc1O2. The molecule has 146 valence electrons. The standard InChI is InChI=1S/C22H16BrClN2O3/c1-12-3-7-20-18(9-12)26(2)22(28)16-11-14(5-8-19(16)29-20)25-21(27)15-10-13(23)4-6-17(15)24/h3-11H,1-2H3,(H,25,27). The van der Waals surface area contributed by atoms with Crippen molar-refractivity contribution in [2.24, 2.45) is 0 Å². The number of fused-ring (bicyclic) bond motifs is 2. The van der Waals surface area contributed by atoms with Crippen LogP contribution in [0.2, 0.25) is 5.02 Å². The number of benzene rings is 3. The van der Waals surface area contributed by atoms with E-state index in [1.165, 1.54) is 0 Å². The molecule has 7 heteroatoms. The molecule has 0 atom stereocenters. The summed E-state index contributed by atoms with van der Waals surface area (Å²) in [7, 11) is 1.70. The summed E-state index contributed by atoms with van der Waals surface area (Å²) in [6, 6.07) is 15.7. The first-order chi connectivity index (χ1) is 13.8. The van der Waals surface area contributed by atoms with Crippen molar-refractivity contribution in [1.82, 2.24) is 0 Å². The molecule has 0 saturated heterocycles. The summed E-state index contributed by atoms with van der Waals surface area (Å²) < 4.78 is 6.72. The van der Waals surface area contributed by atoms with E-state index in [1.807, 2.05) is 25.1 Å². The van der Waals surface area contributed by atoms with E-state index >= 15 is 0 Å². The summed E-state index contributed by atoms with van der Waals surface area (Å²) in [4.78, 5) is 27.2. The molecule has 3 aromatic rings. The van der Waals surface area contributed by atoms with Crippen molar-refractivity contribution < 1.29 is 14.3 Å². The van der Waals surface area contributed by atoms with Crippen LogP contribution in [0.3, 0.4) is 0 Å². The minimum Gasteiger partial charge on any atom is -0.454 e. The molecule has 4 rings (SSSR count). The van der Waals surface area contributed by atoms with Gasteiger partial charge >= 0.3 is 0 Å². The largest absolute Gasteiger partial charge is 0.454 e. The summed E-state index contributed by atoms with van der Waals surface area (Å²) in [5.41, 5.74) is 2.88. The lowest BCUT2D eigenvalue weighted by molar-refractivity contribution is 0.0990. The zero-order valence-corrected chi connectivity index (χ0v) is 18.0. The monoisotopic (exact) mass is 470 g/mol. The van der Waals surface area contributed by atoms with Gasteiger partial charge in [-0.3, -0.25) is 9.59 Å². The van der Waals surface area contributed by atoms with Gasteiger partial charge < -0.3 is 15.0 Å². The van der Waals surface area contributed by atoms with Gasteiger partial charge in [-0.2, -0.15) is 0 Å². The maximum Gasteiger partial charge on any atom is 0.261 e. The molecular weight excluding hydrogens is 456 g/mol. The van der Waals surface area contributed by atoms with Crippen molar-refractivity contribution in [3.63, 3.8) is 0 Å². The van der Waals surface area contributed by atoms with E-state index in [0.717, 1.165) is 10.0 Å². The van der Waals surface area contributed by atoms with E-state index in [4.69, 9.17) is 16.3 Å². The molecule has 1 N–H and O–H groups in total. The first-order valence-corrected chi connectivity index (χ1v) is 9.97. The summed E-state index contributed by atoms with van der Waals surface area (Å²) in [5, 5.41) is 3.13. The number of ether oxygens (including phenoxy) is 1. The van der Waals surface area contributed by atoms with Gasteiger partial charge in [0.25, 0.3) is 11.8 Å². The lowest BCUT2D eigenvalue weighted by atomic mass is 10.1. The second kappa shape index (κ2) is 7.54. The number of halogens is 2. The van der Waals surface area contributed by atoms with Gasteiger partial charge in [0.1, 0.15) is 5.75 Å². The summed E-state index contributed by atoms with van der Waals surface area (Å²) in [6.45, 7) is 1.96. The van der Waals surface area contributed by atoms with Gasteiger partial charge in [-0.1, -0.05) is 33.6 Å². The Bertz CT molecular complexity index is 1160. The van der Waals surface area contributed by atoms with Crippen LogP contribution in [0.5, 0.6) is 11.5 Å². The van der Waals surface area contributed by atoms with E-state index in [9.17, 15) is 9.59 Å². The number of hydrogen-bond donors (Lipinski definition) is 1. The molecule has 1 aliphatic heterocycles. The normalized spacial score (nSPS) is 12.6. The number of carbonyl (C=O) groups is 2. The maximum absolute atomic E-state index is 13.0. The second-order valence-corrected chi connectivity index (χ2v) is 8.05. The quantitative estimate of drug-likeness (QED) is 0.495. The van der Waals surface area contributed by atoms with Crippen molar-refractivity contribution in [2.45, 2.75) is 6.92 Å². The molecule has 0 aromatic heterocycles. The number of aryl methyl sites for hydroxylation is 1. The molecule has 3 aromatic carbocycles. The lowest BCUT2D eigenvalue weighted by Crippen LogP contribution is -2.25. The summed E-state index contributed by atoms with van der Waals surface area (Å²) >= 11 is 9.47. The molecule has 0 aliphatic carbocycles. The van der Waals surface area contributed by atoms with Crippen LogP contribution in [0.1, 0.15) is 26.3 Å². The molecule has 2 amide bonds. The fourth-order valence-electron chi connectivity index (χ4n) is 3.12. The van der Waals surface area contributed by atoms with Crippen LogP contribution >= 0.6 is 27.5 Å². The number of nitrogens with one attached hydrogen (secondary N) is 1. The highest BCUT2D eigenvalue weighted by atomic mass is 79.9. The van der Waals surface area contributed by atoms with Gasteiger partial charge in [-0.25, -0.2) is 0 Å². The van der Waals surface area contributed by atoms with Crippen molar-refractivity contribution in [3.05, 3.63) is 80.8 Å². The van der Waals surface area contributed by atoms with Crippen molar-refractivity contribution in [2.75, 3.05) is 17.3 Å². The van der Waals surface area contributed by atoms with E-state index < -0.39 is 0 Å². The highest BCUT2D eigenvalue weighted by Crippen LogP contribution is 2.39. The Balaban J connectivity index is 1.68. The van der Waals surface area contributed by atoms with Gasteiger partial charge in [-0.15, -0.1) is 0 Å².